The smallest absolute Gasteiger partial charge is 0.331 e. The second-order valence-corrected chi connectivity index (χ2v) is 11.1. The minimum absolute atomic E-state index is 0.129. The molecule has 2 N–H and O–H groups in total. The van der Waals surface area contributed by atoms with E-state index in [-0.39, 0.29) is 34.9 Å². The molecule has 0 saturated heterocycles. The highest BCUT2D eigenvalue weighted by Gasteiger charge is 2.67. The fraction of sp³-hybridized carbons (Fsp3) is 0.875. The van der Waals surface area contributed by atoms with Crippen molar-refractivity contribution in [2.45, 2.75) is 96.4 Å². The molecule has 4 nitrogen and oxygen atoms in total. The van der Waals surface area contributed by atoms with Gasteiger partial charge in [0.15, 0.2) is 0 Å². The molecule has 9 atom stereocenters. The number of hydrogen-bond acceptors (Lipinski definition) is 4. The van der Waals surface area contributed by atoms with E-state index in [0.717, 1.165) is 56.9 Å². The minimum atomic E-state index is -0.642. The Morgan fingerprint density at radius 1 is 1.04 bits per heavy atom. The van der Waals surface area contributed by atoms with Gasteiger partial charge in [0.05, 0.1) is 11.7 Å². The van der Waals surface area contributed by atoms with Crippen molar-refractivity contribution in [2.24, 2.45) is 34.5 Å². The van der Waals surface area contributed by atoms with E-state index in [9.17, 15) is 15.0 Å². The number of rotatable bonds is 1. The number of aliphatic hydroxyl groups is 2. The van der Waals surface area contributed by atoms with Crippen LogP contribution in [0.2, 0.25) is 0 Å². The molecule has 4 heteroatoms. The maximum atomic E-state index is 12.2. The minimum Gasteiger partial charge on any atom is -0.455 e. The van der Waals surface area contributed by atoms with Gasteiger partial charge in [-0.1, -0.05) is 13.8 Å². The topological polar surface area (TPSA) is 66.8 Å². The summed E-state index contributed by atoms with van der Waals surface area (Å²) >= 11 is 0. The molecule has 0 aromatic heterocycles. The molecule has 1 heterocycles. The Hall–Kier alpha value is -0.870. The van der Waals surface area contributed by atoms with Crippen LogP contribution >= 0.6 is 0 Å². The maximum absolute atomic E-state index is 12.2. The van der Waals surface area contributed by atoms with E-state index in [1.807, 2.05) is 6.92 Å². The molecule has 0 aromatic rings. The second-order valence-electron chi connectivity index (χ2n) is 11.1. The van der Waals surface area contributed by atoms with Gasteiger partial charge in [-0.3, -0.25) is 0 Å². The average Bonchev–Trinajstić information content (AvgIpc) is 3.11. The number of cyclic esters (lactones) is 1. The van der Waals surface area contributed by atoms with Gasteiger partial charge in [-0.25, -0.2) is 4.79 Å². The lowest BCUT2D eigenvalue weighted by molar-refractivity contribution is -0.208. The van der Waals surface area contributed by atoms with E-state index < -0.39 is 5.60 Å². The van der Waals surface area contributed by atoms with Crippen molar-refractivity contribution in [3.05, 3.63) is 11.6 Å². The van der Waals surface area contributed by atoms with Crippen molar-refractivity contribution in [1.82, 2.24) is 0 Å². The number of fused-ring (bicyclic) bond motifs is 5. The Kier molecular flexibility index (Phi) is 4.15. The van der Waals surface area contributed by atoms with Crippen LogP contribution in [0.3, 0.4) is 0 Å². The molecule has 0 radical (unpaired) electrons. The number of hydrogen-bond donors (Lipinski definition) is 2. The van der Waals surface area contributed by atoms with Crippen LogP contribution in [0.15, 0.2) is 11.6 Å². The molecule has 1 unspecified atom stereocenters. The number of carbonyl (C=O) groups is 1. The third-order valence-corrected chi connectivity index (χ3v) is 10.3. The normalized spacial score (nSPS) is 55.8. The lowest BCUT2D eigenvalue weighted by Gasteiger charge is -2.63. The zero-order valence-corrected chi connectivity index (χ0v) is 17.6. The molecule has 4 saturated carbocycles. The van der Waals surface area contributed by atoms with Crippen molar-refractivity contribution in [1.29, 1.82) is 0 Å². The summed E-state index contributed by atoms with van der Waals surface area (Å²) in [4.78, 5) is 11.8. The number of carbonyl (C=O) groups excluding carboxylic acids is 1. The van der Waals surface area contributed by atoms with Crippen LogP contribution < -0.4 is 0 Å². The molecule has 5 rings (SSSR count). The Morgan fingerprint density at radius 3 is 2.54 bits per heavy atom. The summed E-state index contributed by atoms with van der Waals surface area (Å²) in [5.74, 6) is 1.54. The number of aliphatic hydroxyl groups excluding tert-OH is 1. The van der Waals surface area contributed by atoms with Crippen LogP contribution in [0.1, 0.15) is 78.6 Å². The largest absolute Gasteiger partial charge is 0.455 e. The SMILES string of the molecule is CC1OC(=O)C=C1[C@H]1CC[C@]2(O)[C@@H]3CC[C@@H]4C[C@@H](O)CC[C@]4(C)[C@H]3CC[C@]12C. The summed E-state index contributed by atoms with van der Waals surface area (Å²) in [5, 5.41) is 22.4. The van der Waals surface area contributed by atoms with E-state index in [1.54, 1.807) is 6.08 Å². The first-order valence-electron chi connectivity index (χ1n) is 11.5. The van der Waals surface area contributed by atoms with Gasteiger partial charge in [0.25, 0.3) is 0 Å². The summed E-state index contributed by atoms with van der Waals surface area (Å²) in [5.41, 5.74) is 0.565. The van der Waals surface area contributed by atoms with Gasteiger partial charge in [-0.05, 0) is 99.4 Å². The van der Waals surface area contributed by atoms with Gasteiger partial charge in [-0.2, -0.15) is 0 Å². The predicted molar refractivity (Wildman–Crippen MR) is 106 cm³/mol. The zero-order valence-electron chi connectivity index (χ0n) is 17.6. The van der Waals surface area contributed by atoms with Crippen molar-refractivity contribution < 1.29 is 19.7 Å². The average molecular weight is 389 g/mol. The lowest BCUT2D eigenvalue weighted by atomic mass is 9.43. The molecule has 4 aliphatic carbocycles. The molecule has 0 bridgehead atoms. The molecule has 5 aliphatic rings. The van der Waals surface area contributed by atoms with Crippen molar-refractivity contribution in [3.63, 3.8) is 0 Å². The van der Waals surface area contributed by atoms with Gasteiger partial charge >= 0.3 is 5.97 Å². The Labute approximate surface area is 168 Å². The summed E-state index contributed by atoms with van der Waals surface area (Å²) in [7, 11) is 0. The van der Waals surface area contributed by atoms with Gasteiger partial charge in [0, 0.05) is 11.5 Å². The van der Waals surface area contributed by atoms with E-state index in [1.165, 1.54) is 6.42 Å². The van der Waals surface area contributed by atoms with Crippen LogP contribution in [0.5, 0.6) is 0 Å². The van der Waals surface area contributed by atoms with Gasteiger partial charge < -0.3 is 14.9 Å². The highest BCUT2D eigenvalue weighted by Crippen LogP contribution is 2.70. The Morgan fingerprint density at radius 2 is 1.82 bits per heavy atom. The molecule has 1 aliphatic heterocycles. The highest BCUT2D eigenvalue weighted by molar-refractivity contribution is 5.86. The standard InChI is InChI=1S/C24H36O4/c1-14-17(13-21(26)28-14)18-8-11-24(27)20-5-4-15-12-16(25)6-9-22(15,2)19(20)7-10-23(18,24)3/h13-16,18-20,25,27H,4-12H2,1-3H3/t14?,15-,16+,18-,19+,20-,22+,23-,24+/m1/s1. The molecular weight excluding hydrogens is 352 g/mol. The Bertz CT molecular complexity index is 715. The molecule has 4 fully saturated rings. The van der Waals surface area contributed by atoms with Crippen LogP contribution in [0.25, 0.3) is 0 Å². The number of esters is 1. The van der Waals surface area contributed by atoms with Crippen molar-refractivity contribution in [2.75, 3.05) is 0 Å². The summed E-state index contributed by atoms with van der Waals surface area (Å²) < 4.78 is 5.41. The fourth-order valence-corrected chi connectivity index (χ4v) is 8.65. The van der Waals surface area contributed by atoms with Crippen molar-refractivity contribution >= 4 is 5.97 Å². The molecule has 0 aromatic carbocycles. The molecular formula is C24H36O4. The quantitative estimate of drug-likeness (QED) is 0.667. The fourth-order valence-electron chi connectivity index (χ4n) is 8.65. The third kappa shape index (κ3) is 2.34. The summed E-state index contributed by atoms with van der Waals surface area (Å²) in [6, 6.07) is 0. The maximum Gasteiger partial charge on any atom is 0.331 e. The van der Waals surface area contributed by atoms with Crippen LogP contribution in [0.4, 0.5) is 0 Å². The number of ether oxygens (including phenoxy) is 1. The van der Waals surface area contributed by atoms with Crippen LogP contribution in [-0.4, -0.2) is 34.0 Å². The molecule has 0 spiro atoms. The molecule has 156 valence electrons. The van der Waals surface area contributed by atoms with E-state index in [4.69, 9.17) is 4.74 Å². The third-order valence-electron chi connectivity index (χ3n) is 10.3. The van der Waals surface area contributed by atoms with Gasteiger partial charge in [0.1, 0.15) is 6.10 Å². The Balaban J connectivity index is 1.47. The van der Waals surface area contributed by atoms with Crippen molar-refractivity contribution in [3.8, 4) is 0 Å². The summed E-state index contributed by atoms with van der Waals surface area (Å²) in [6.45, 7) is 6.71. The second kappa shape index (κ2) is 6.07. The van der Waals surface area contributed by atoms with Crippen LogP contribution in [-0.2, 0) is 9.53 Å². The van der Waals surface area contributed by atoms with E-state index >= 15 is 0 Å². The molecule has 28 heavy (non-hydrogen) atoms. The first-order chi connectivity index (χ1) is 13.2. The first kappa shape index (κ1) is 19.1. The first-order valence-corrected chi connectivity index (χ1v) is 11.5. The van der Waals surface area contributed by atoms with Gasteiger partial charge in [-0.15, -0.1) is 0 Å². The highest BCUT2D eigenvalue weighted by atomic mass is 16.5. The molecule has 0 amide bonds. The van der Waals surface area contributed by atoms with E-state index in [0.29, 0.717) is 17.8 Å². The zero-order chi connectivity index (χ0) is 19.9. The van der Waals surface area contributed by atoms with E-state index in [2.05, 4.69) is 13.8 Å². The van der Waals surface area contributed by atoms with Crippen LogP contribution in [0, 0.1) is 34.5 Å². The monoisotopic (exact) mass is 388 g/mol. The van der Waals surface area contributed by atoms with Gasteiger partial charge in [0.2, 0.25) is 0 Å². The predicted octanol–water partition coefficient (Wildman–Crippen LogP) is 3.99. The lowest BCUT2D eigenvalue weighted by Crippen LogP contribution is -2.62. The summed E-state index contributed by atoms with van der Waals surface area (Å²) in [6.07, 6.45) is 10.6.